The molecule has 2 saturated heterocycles. The first-order chi connectivity index (χ1) is 13.4. The Morgan fingerprint density at radius 1 is 1.39 bits per heavy atom. The summed E-state index contributed by atoms with van der Waals surface area (Å²) in [5, 5.41) is 16.9. The Kier molecular flexibility index (Phi) is 3.67. The molecule has 4 heterocycles. The summed E-state index contributed by atoms with van der Waals surface area (Å²) in [6, 6.07) is 7.23. The summed E-state index contributed by atoms with van der Waals surface area (Å²) in [4.78, 5) is 25.5. The predicted molar refractivity (Wildman–Crippen MR) is 101 cm³/mol. The summed E-state index contributed by atoms with van der Waals surface area (Å²) in [6.45, 7) is 2.69. The zero-order valence-electron chi connectivity index (χ0n) is 16.0. The first kappa shape index (κ1) is 17.7. The number of benzene rings is 1. The molecule has 2 fully saturated rings. The van der Waals surface area contributed by atoms with Crippen LogP contribution in [0.1, 0.15) is 25.3 Å². The molecule has 5 rings (SSSR count). The minimum atomic E-state index is -0.827. The first-order valence-electron chi connectivity index (χ1n) is 9.83. The number of amides is 1. The number of ether oxygens (including phenoxy) is 2. The van der Waals surface area contributed by atoms with E-state index in [0.29, 0.717) is 31.5 Å². The van der Waals surface area contributed by atoms with Crippen LogP contribution in [0.15, 0.2) is 36.1 Å². The number of piperidine rings is 1. The standard InChI is InChI=1S/C21H24N2O5/c1-12-14-10-23(26)8-7-21(16-5-3-4-6-17(16)22-20(21)25)18(23)9-13(14)15(11-28-12)19(24)27-2/h3-6,11-14,18H,7-10H2,1-2H3,(H,22,25)/t12-,13-,14-,18-,21-,23?/m0/s1. The highest BCUT2D eigenvalue weighted by Crippen LogP contribution is 2.56. The number of esters is 1. The molecule has 7 nitrogen and oxygen atoms in total. The van der Waals surface area contributed by atoms with Crippen LogP contribution in [-0.2, 0) is 24.5 Å². The summed E-state index contributed by atoms with van der Waals surface area (Å²) < 4.78 is 10.2. The summed E-state index contributed by atoms with van der Waals surface area (Å²) >= 11 is 0. The van der Waals surface area contributed by atoms with Crippen LogP contribution >= 0.6 is 0 Å². The maximum absolute atomic E-state index is 13.9. The van der Waals surface area contributed by atoms with Gasteiger partial charge in [0.05, 0.1) is 38.0 Å². The van der Waals surface area contributed by atoms with Gasteiger partial charge in [0, 0.05) is 24.4 Å². The lowest BCUT2D eigenvalue weighted by Gasteiger charge is -2.56. The van der Waals surface area contributed by atoms with Crippen LogP contribution in [0.2, 0.25) is 0 Å². The molecule has 0 aliphatic carbocycles. The molecule has 28 heavy (non-hydrogen) atoms. The van der Waals surface area contributed by atoms with Gasteiger partial charge in [0.25, 0.3) is 0 Å². The third kappa shape index (κ3) is 2.11. The molecule has 0 saturated carbocycles. The molecule has 1 unspecified atom stereocenters. The van der Waals surface area contributed by atoms with E-state index in [1.165, 1.54) is 13.4 Å². The maximum atomic E-state index is 13.9. The molecular weight excluding hydrogens is 360 g/mol. The molecule has 4 aliphatic heterocycles. The topological polar surface area (TPSA) is 87.7 Å². The Morgan fingerprint density at radius 2 is 2.18 bits per heavy atom. The number of methoxy groups -OCH3 is 1. The lowest BCUT2D eigenvalue weighted by Crippen LogP contribution is -2.63. The van der Waals surface area contributed by atoms with E-state index in [9.17, 15) is 14.8 Å². The average molecular weight is 384 g/mol. The summed E-state index contributed by atoms with van der Waals surface area (Å²) in [7, 11) is 1.35. The lowest BCUT2D eigenvalue weighted by atomic mass is 9.66. The third-order valence-corrected chi connectivity index (χ3v) is 7.43. The molecule has 7 heteroatoms. The average Bonchev–Trinajstić information content (AvgIpc) is 3.16. The van der Waals surface area contributed by atoms with Crippen molar-refractivity contribution in [2.75, 3.05) is 25.5 Å². The zero-order valence-corrected chi connectivity index (χ0v) is 16.0. The van der Waals surface area contributed by atoms with Gasteiger partial charge in [-0.15, -0.1) is 0 Å². The fourth-order valence-electron chi connectivity index (χ4n) is 6.04. The number of hydrogen-bond donors (Lipinski definition) is 1. The Hall–Kier alpha value is -2.38. The number of nitrogens with zero attached hydrogens (tertiary/aromatic N) is 1. The van der Waals surface area contributed by atoms with Gasteiger partial charge in [-0.25, -0.2) is 4.79 Å². The number of hydrogen-bond acceptors (Lipinski definition) is 5. The number of fused-ring (bicyclic) bond motifs is 5. The van der Waals surface area contributed by atoms with Gasteiger partial charge in [0.1, 0.15) is 17.6 Å². The van der Waals surface area contributed by atoms with E-state index in [4.69, 9.17) is 9.47 Å². The molecule has 148 valence electrons. The minimum absolute atomic E-state index is 0.0669. The second kappa shape index (κ2) is 5.81. The van der Waals surface area contributed by atoms with E-state index < -0.39 is 22.1 Å². The molecule has 1 spiro atoms. The molecule has 1 N–H and O–H groups in total. The molecular formula is C21H24N2O5. The SMILES string of the molecule is COC(=O)C1=CO[C@@H](C)[C@@H]2C[N+]3([O-])CC[C@@]4(C(=O)Nc5ccccc54)[C@@H]3C[C@H]12. The van der Waals surface area contributed by atoms with Crippen molar-refractivity contribution in [3.05, 3.63) is 46.9 Å². The Balaban J connectivity index is 1.60. The molecule has 0 radical (unpaired) electrons. The Morgan fingerprint density at radius 3 is 2.96 bits per heavy atom. The molecule has 6 atom stereocenters. The minimum Gasteiger partial charge on any atom is -0.633 e. The van der Waals surface area contributed by atoms with E-state index in [-0.39, 0.29) is 23.8 Å². The van der Waals surface area contributed by atoms with Crippen LogP contribution < -0.4 is 5.32 Å². The summed E-state index contributed by atoms with van der Waals surface area (Å²) in [5.74, 6) is -0.715. The molecule has 1 amide bonds. The first-order valence-corrected chi connectivity index (χ1v) is 9.83. The van der Waals surface area contributed by atoms with Gasteiger partial charge >= 0.3 is 5.97 Å². The third-order valence-electron chi connectivity index (χ3n) is 7.43. The van der Waals surface area contributed by atoms with E-state index in [2.05, 4.69) is 5.32 Å². The predicted octanol–water partition coefficient (Wildman–Crippen LogP) is 2.08. The number of hydroxylamine groups is 3. The van der Waals surface area contributed by atoms with Gasteiger partial charge in [-0.3, -0.25) is 4.79 Å². The number of carbonyl (C=O) groups excluding carboxylic acids is 2. The zero-order chi connectivity index (χ0) is 19.7. The normalized spacial score (nSPS) is 40.7. The van der Waals surface area contributed by atoms with Crippen molar-refractivity contribution in [3.8, 4) is 0 Å². The summed E-state index contributed by atoms with van der Waals surface area (Å²) in [5.41, 5.74) is 1.37. The maximum Gasteiger partial charge on any atom is 0.337 e. The number of quaternary nitrogens is 1. The number of anilines is 1. The fourth-order valence-corrected chi connectivity index (χ4v) is 6.04. The van der Waals surface area contributed by atoms with Gasteiger partial charge in [-0.2, -0.15) is 0 Å². The largest absolute Gasteiger partial charge is 0.633 e. The monoisotopic (exact) mass is 384 g/mol. The van der Waals surface area contributed by atoms with Gasteiger partial charge < -0.3 is 24.6 Å². The van der Waals surface area contributed by atoms with Crippen LogP contribution in [0.25, 0.3) is 0 Å². The smallest absolute Gasteiger partial charge is 0.337 e. The van der Waals surface area contributed by atoms with Gasteiger partial charge in [-0.1, -0.05) is 18.2 Å². The number of para-hydroxylation sites is 1. The van der Waals surface area contributed by atoms with Gasteiger partial charge in [0.2, 0.25) is 5.91 Å². The number of nitrogens with one attached hydrogen (secondary N) is 1. The van der Waals surface area contributed by atoms with Crippen LogP contribution in [0, 0.1) is 17.0 Å². The quantitative estimate of drug-likeness (QED) is 0.455. The van der Waals surface area contributed by atoms with Crippen LogP contribution in [0.3, 0.4) is 0 Å². The van der Waals surface area contributed by atoms with Crippen molar-refractivity contribution >= 4 is 17.6 Å². The highest BCUT2D eigenvalue weighted by molar-refractivity contribution is 6.07. The highest BCUT2D eigenvalue weighted by atomic mass is 16.6. The van der Waals surface area contributed by atoms with Crippen molar-refractivity contribution in [1.82, 2.24) is 0 Å². The van der Waals surface area contributed by atoms with E-state index in [1.54, 1.807) is 0 Å². The second-order valence-electron chi connectivity index (χ2n) is 8.51. The van der Waals surface area contributed by atoms with Crippen LogP contribution in [0.5, 0.6) is 0 Å². The summed E-state index contributed by atoms with van der Waals surface area (Å²) in [6.07, 6.45) is 2.34. The number of rotatable bonds is 1. The second-order valence-corrected chi connectivity index (χ2v) is 8.51. The fraction of sp³-hybridized carbons (Fsp3) is 0.524. The van der Waals surface area contributed by atoms with Crippen molar-refractivity contribution < 1.29 is 23.7 Å². The Bertz CT molecular complexity index is 899. The van der Waals surface area contributed by atoms with Crippen molar-refractivity contribution in [2.24, 2.45) is 11.8 Å². The van der Waals surface area contributed by atoms with Crippen molar-refractivity contribution in [3.63, 3.8) is 0 Å². The molecule has 0 bridgehead atoms. The van der Waals surface area contributed by atoms with Crippen LogP contribution in [0.4, 0.5) is 5.69 Å². The molecule has 0 aromatic heterocycles. The van der Waals surface area contributed by atoms with E-state index >= 15 is 0 Å². The molecule has 1 aromatic rings. The van der Waals surface area contributed by atoms with Crippen molar-refractivity contribution in [2.45, 2.75) is 37.3 Å². The Labute approximate surface area is 163 Å². The van der Waals surface area contributed by atoms with E-state index in [1.807, 2.05) is 31.2 Å². The highest BCUT2D eigenvalue weighted by Gasteiger charge is 2.66. The molecule has 1 aromatic carbocycles. The lowest BCUT2D eigenvalue weighted by molar-refractivity contribution is -0.905. The van der Waals surface area contributed by atoms with Gasteiger partial charge in [0.15, 0.2) is 0 Å². The van der Waals surface area contributed by atoms with Crippen LogP contribution in [-0.4, -0.2) is 48.9 Å². The molecule has 4 aliphatic rings. The number of carbonyl (C=O) groups is 2. The van der Waals surface area contributed by atoms with E-state index in [0.717, 1.165) is 11.3 Å². The van der Waals surface area contributed by atoms with Crippen molar-refractivity contribution in [1.29, 1.82) is 0 Å². The van der Waals surface area contributed by atoms with Gasteiger partial charge in [-0.05, 0) is 18.6 Å².